The van der Waals surface area contributed by atoms with Crippen molar-refractivity contribution in [2.24, 2.45) is 11.8 Å². The standard InChI is InChI=1S/C50H44N2/c1-2-18-47-49(48-33-35-19-12-17-30-45(35)51(48)38-22-8-4-9-23-38)42-34-37(31-32-46(42)52(47)39-24-10-5-11-25-39)50(36-20-6-3-7-21-36)43-28-15-13-26-40(43)41-27-14-16-29-44(41)50/h2-16,18-29,31-32,34-35,40,43,45,48-49H,1,17,30,33H2/b47-18+. The summed E-state index contributed by atoms with van der Waals surface area (Å²) in [5.74, 6) is 1.26. The quantitative estimate of drug-likeness (QED) is 0.166. The van der Waals surface area contributed by atoms with Gasteiger partial charge in [0.15, 0.2) is 0 Å². The molecule has 0 amide bonds. The third-order valence-electron chi connectivity index (χ3n) is 12.7. The van der Waals surface area contributed by atoms with Gasteiger partial charge < -0.3 is 9.80 Å². The van der Waals surface area contributed by atoms with Crippen LogP contribution in [0.25, 0.3) is 0 Å². The molecule has 5 aromatic carbocycles. The van der Waals surface area contributed by atoms with Crippen LogP contribution in [0.3, 0.4) is 0 Å². The van der Waals surface area contributed by atoms with Crippen molar-refractivity contribution in [3.05, 3.63) is 222 Å². The van der Waals surface area contributed by atoms with Gasteiger partial charge in [0.25, 0.3) is 0 Å². The molecule has 1 saturated heterocycles. The van der Waals surface area contributed by atoms with Gasteiger partial charge in [0.05, 0.1) is 5.41 Å². The van der Waals surface area contributed by atoms with Gasteiger partial charge in [0.2, 0.25) is 0 Å². The zero-order chi connectivity index (χ0) is 34.6. The van der Waals surface area contributed by atoms with Crippen molar-refractivity contribution < 1.29 is 0 Å². The molecule has 254 valence electrons. The van der Waals surface area contributed by atoms with Crippen LogP contribution in [0.15, 0.2) is 194 Å². The fourth-order valence-electron chi connectivity index (χ4n) is 10.8. The van der Waals surface area contributed by atoms with Crippen LogP contribution in [0, 0.1) is 11.8 Å². The van der Waals surface area contributed by atoms with Crippen molar-refractivity contribution in [1.29, 1.82) is 0 Å². The molecule has 2 heterocycles. The van der Waals surface area contributed by atoms with E-state index in [9.17, 15) is 0 Å². The SMILES string of the molecule is C=C/C=C1\C(C2CC3C=CCCC3N2c2ccccc2)c2cc(C3(c4ccccc4)c4ccccc4C4C=CC=CC43)ccc2N1c1ccccc1. The Morgan fingerprint density at radius 1 is 0.654 bits per heavy atom. The minimum atomic E-state index is -0.336. The van der Waals surface area contributed by atoms with Gasteiger partial charge >= 0.3 is 0 Å². The fourth-order valence-corrected chi connectivity index (χ4v) is 10.8. The van der Waals surface area contributed by atoms with Crippen molar-refractivity contribution >= 4 is 17.1 Å². The molecule has 0 spiro atoms. The Bertz CT molecular complexity index is 2250. The van der Waals surface area contributed by atoms with Crippen LogP contribution in [0.4, 0.5) is 17.1 Å². The lowest BCUT2D eigenvalue weighted by molar-refractivity contribution is 0.456. The van der Waals surface area contributed by atoms with E-state index in [1.807, 2.05) is 6.08 Å². The predicted octanol–water partition coefficient (Wildman–Crippen LogP) is 11.8. The molecule has 5 aromatic rings. The van der Waals surface area contributed by atoms with Crippen molar-refractivity contribution in [2.75, 3.05) is 9.80 Å². The summed E-state index contributed by atoms with van der Waals surface area (Å²) in [4.78, 5) is 5.33. The number of fused-ring (bicyclic) bond motifs is 5. The Kier molecular flexibility index (Phi) is 7.53. The summed E-state index contributed by atoms with van der Waals surface area (Å²) >= 11 is 0. The number of hydrogen-bond donors (Lipinski definition) is 0. The highest BCUT2D eigenvalue weighted by Crippen LogP contribution is 2.61. The van der Waals surface area contributed by atoms with Crippen molar-refractivity contribution in [2.45, 2.75) is 48.6 Å². The Morgan fingerprint density at radius 3 is 2.15 bits per heavy atom. The largest absolute Gasteiger partial charge is 0.364 e. The van der Waals surface area contributed by atoms with E-state index in [0.29, 0.717) is 17.9 Å². The molecule has 7 atom stereocenters. The van der Waals surface area contributed by atoms with Crippen LogP contribution in [0.5, 0.6) is 0 Å². The minimum absolute atomic E-state index is 0.148. The number of benzene rings is 5. The normalized spacial score (nSPS) is 28.8. The second-order valence-electron chi connectivity index (χ2n) is 15.1. The lowest BCUT2D eigenvalue weighted by Crippen LogP contribution is -2.41. The molecule has 52 heavy (non-hydrogen) atoms. The molecule has 0 radical (unpaired) electrons. The van der Waals surface area contributed by atoms with Gasteiger partial charge in [-0.05, 0) is 89.4 Å². The lowest BCUT2D eigenvalue weighted by atomic mass is 9.63. The van der Waals surface area contributed by atoms with Crippen molar-refractivity contribution in [3.63, 3.8) is 0 Å². The first kappa shape index (κ1) is 31.2. The van der Waals surface area contributed by atoms with Crippen LogP contribution in [0.1, 0.15) is 58.9 Å². The molecular formula is C50H44N2. The van der Waals surface area contributed by atoms with Crippen molar-refractivity contribution in [3.8, 4) is 0 Å². The number of rotatable bonds is 6. The molecule has 2 aliphatic heterocycles. The number of nitrogens with zero attached hydrogens (tertiary/aromatic N) is 2. The monoisotopic (exact) mass is 672 g/mol. The summed E-state index contributed by atoms with van der Waals surface area (Å²) in [5, 5.41) is 0. The molecule has 10 rings (SSSR count). The van der Waals surface area contributed by atoms with Gasteiger partial charge in [-0.2, -0.15) is 0 Å². The van der Waals surface area contributed by atoms with E-state index in [1.165, 1.54) is 57.0 Å². The Hall–Kier alpha value is -5.60. The summed E-state index contributed by atoms with van der Waals surface area (Å²) in [7, 11) is 0. The van der Waals surface area contributed by atoms with E-state index in [-0.39, 0.29) is 23.3 Å². The molecule has 7 unspecified atom stereocenters. The first-order valence-electron chi connectivity index (χ1n) is 19.1. The predicted molar refractivity (Wildman–Crippen MR) is 216 cm³/mol. The summed E-state index contributed by atoms with van der Waals surface area (Å²) in [5.41, 5.74) is 11.8. The molecule has 3 aliphatic carbocycles. The van der Waals surface area contributed by atoms with E-state index in [1.54, 1.807) is 0 Å². The van der Waals surface area contributed by atoms with Crippen LogP contribution in [-0.2, 0) is 5.41 Å². The number of anilines is 3. The molecule has 0 bridgehead atoms. The van der Waals surface area contributed by atoms with E-state index in [0.717, 1.165) is 12.8 Å². The third-order valence-corrected chi connectivity index (χ3v) is 12.7. The van der Waals surface area contributed by atoms with E-state index in [2.05, 4.69) is 192 Å². The molecule has 2 nitrogen and oxygen atoms in total. The molecular weight excluding hydrogens is 629 g/mol. The zero-order valence-corrected chi connectivity index (χ0v) is 29.5. The maximum absolute atomic E-state index is 4.29. The van der Waals surface area contributed by atoms with Gasteiger partial charge in [-0.1, -0.05) is 152 Å². The smallest absolute Gasteiger partial charge is 0.0525 e. The first-order chi connectivity index (χ1) is 25.8. The topological polar surface area (TPSA) is 6.48 Å². The molecule has 5 aliphatic rings. The van der Waals surface area contributed by atoms with Gasteiger partial charge in [-0.25, -0.2) is 0 Å². The average Bonchev–Trinajstić information content (AvgIpc) is 3.85. The molecule has 0 saturated carbocycles. The number of para-hydroxylation sites is 2. The molecule has 0 aromatic heterocycles. The first-order valence-corrected chi connectivity index (χ1v) is 19.1. The van der Waals surface area contributed by atoms with E-state index >= 15 is 0 Å². The second kappa shape index (κ2) is 12.6. The Labute approximate surface area is 308 Å². The van der Waals surface area contributed by atoms with Gasteiger partial charge in [0.1, 0.15) is 0 Å². The van der Waals surface area contributed by atoms with Gasteiger partial charge in [-0.15, -0.1) is 0 Å². The average molecular weight is 673 g/mol. The summed E-state index contributed by atoms with van der Waals surface area (Å²) < 4.78 is 0. The summed E-state index contributed by atoms with van der Waals surface area (Å²) in [6, 6.07) is 51.0. The zero-order valence-electron chi connectivity index (χ0n) is 29.5. The van der Waals surface area contributed by atoms with E-state index in [4.69, 9.17) is 0 Å². The highest BCUT2D eigenvalue weighted by atomic mass is 15.3. The van der Waals surface area contributed by atoms with E-state index < -0.39 is 0 Å². The van der Waals surface area contributed by atoms with Crippen LogP contribution >= 0.6 is 0 Å². The van der Waals surface area contributed by atoms with Gasteiger partial charge in [0, 0.05) is 52.6 Å². The lowest BCUT2D eigenvalue weighted by Gasteiger charge is -2.40. The van der Waals surface area contributed by atoms with Crippen molar-refractivity contribution in [1.82, 2.24) is 0 Å². The maximum atomic E-state index is 4.29. The highest BCUT2D eigenvalue weighted by Gasteiger charge is 2.54. The molecule has 2 heteroatoms. The summed E-state index contributed by atoms with van der Waals surface area (Å²) in [6.07, 6.45) is 22.1. The van der Waals surface area contributed by atoms with Crippen LogP contribution in [0.2, 0.25) is 0 Å². The Morgan fingerprint density at radius 2 is 1.37 bits per heavy atom. The fraction of sp³-hybridized carbons (Fsp3) is 0.200. The molecule has 0 N–H and O–H groups in total. The Balaban J connectivity index is 1.24. The second-order valence-corrected chi connectivity index (χ2v) is 15.1. The number of allylic oxidation sites excluding steroid dienone is 7. The van der Waals surface area contributed by atoms with Crippen LogP contribution in [-0.4, -0.2) is 12.1 Å². The van der Waals surface area contributed by atoms with Gasteiger partial charge in [-0.3, -0.25) is 0 Å². The third kappa shape index (κ3) is 4.56. The maximum Gasteiger partial charge on any atom is 0.0525 e. The highest BCUT2D eigenvalue weighted by molar-refractivity contribution is 5.81. The molecule has 1 fully saturated rings. The van der Waals surface area contributed by atoms with Crippen LogP contribution < -0.4 is 9.80 Å². The minimum Gasteiger partial charge on any atom is -0.364 e. The number of hydrogen-bond acceptors (Lipinski definition) is 2. The summed E-state index contributed by atoms with van der Waals surface area (Å²) in [6.45, 7) is 4.29.